The van der Waals surface area contributed by atoms with Crippen molar-refractivity contribution in [2.45, 2.75) is 0 Å². The lowest BCUT2D eigenvalue weighted by Gasteiger charge is -2.15. The predicted molar refractivity (Wildman–Crippen MR) is 208 cm³/mol. The molecule has 2 N–H and O–H groups in total. The minimum atomic E-state index is -0.713. The van der Waals surface area contributed by atoms with Crippen LogP contribution in [0.1, 0.15) is 82.9 Å². The first-order valence-electron chi connectivity index (χ1n) is 17.5. The van der Waals surface area contributed by atoms with Gasteiger partial charge >= 0.3 is 0 Å². The summed E-state index contributed by atoms with van der Waals surface area (Å²) in [5.41, 5.74) is 2.25. The summed E-state index contributed by atoms with van der Waals surface area (Å²) in [5, 5.41) is 5.40. The van der Waals surface area contributed by atoms with Crippen LogP contribution in [0.3, 0.4) is 0 Å². The van der Waals surface area contributed by atoms with E-state index in [9.17, 15) is 38.4 Å². The number of nitrogens with zero attached hydrogens (tertiary/aromatic N) is 3. The number of hydrogen-bond acceptors (Lipinski definition) is 8. The summed E-state index contributed by atoms with van der Waals surface area (Å²) in [6.07, 6.45) is 0. The van der Waals surface area contributed by atoms with Crippen LogP contribution in [0.2, 0.25) is 0 Å². The molecular formula is C44H25N5O8. The molecule has 0 radical (unpaired) electrons. The maximum Gasteiger partial charge on any atom is 0.266 e. The summed E-state index contributed by atoms with van der Waals surface area (Å²) in [7, 11) is 0. The highest BCUT2D eigenvalue weighted by molar-refractivity contribution is 6.36. The van der Waals surface area contributed by atoms with E-state index in [-0.39, 0.29) is 61.6 Å². The molecule has 9 rings (SSSR count). The highest BCUT2D eigenvalue weighted by atomic mass is 16.2. The van der Waals surface area contributed by atoms with Crippen LogP contribution in [-0.4, -0.2) is 47.3 Å². The largest absolute Gasteiger partial charge is 0.322 e. The highest BCUT2D eigenvalue weighted by Crippen LogP contribution is 2.33. The molecule has 274 valence electrons. The van der Waals surface area contributed by atoms with Gasteiger partial charge in [-0.3, -0.25) is 38.4 Å². The van der Waals surface area contributed by atoms with E-state index in [1.807, 2.05) is 0 Å². The van der Waals surface area contributed by atoms with Gasteiger partial charge in [0.05, 0.1) is 50.4 Å². The van der Waals surface area contributed by atoms with Crippen LogP contribution in [-0.2, 0) is 0 Å². The van der Waals surface area contributed by atoms with Crippen LogP contribution >= 0.6 is 0 Å². The number of anilines is 5. The summed E-state index contributed by atoms with van der Waals surface area (Å²) in [6, 6.07) is 35.6. The number of carbonyl (C=O) groups excluding carboxylic acids is 8. The van der Waals surface area contributed by atoms with E-state index in [1.165, 1.54) is 78.9 Å². The number of hydrogen-bond donors (Lipinski definition) is 2. The fourth-order valence-electron chi connectivity index (χ4n) is 7.07. The average molecular weight is 752 g/mol. The Hall–Kier alpha value is -8.32. The lowest BCUT2D eigenvalue weighted by Crippen LogP contribution is -2.29. The van der Waals surface area contributed by atoms with E-state index in [0.717, 1.165) is 14.7 Å². The number of amides is 8. The molecule has 6 aromatic rings. The van der Waals surface area contributed by atoms with Crippen LogP contribution in [0.4, 0.5) is 28.4 Å². The van der Waals surface area contributed by atoms with Gasteiger partial charge in [0.25, 0.3) is 47.3 Å². The molecule has 0 saturated heterocycles. The molecule has 3 aliphatic heterocycles. The quantitative estimate of drug-likeness (QED) is 0.172. The van der Waals surface area contributed by atoms with Crippen LogP contribution < -0.4 is 25.3 Å². The van der Waals surface area contributed by atoms with Gasteiger partial charge in [-0.1, -0.05) is 42.5 Å². The normalized spacial score (nSPS) is 14.2. The van der Waals surface area contributed by atoms with Gasteiger partial charge in [0.15, 0.2) is 0 Å². The zero-order valence-electron chi connectivity index (χ0n) is 29.4. The lowest BCUT2D eigenvalue weighted by atomic mass is 10.0. The second-order valence-electron chi connectivity index (χ2n) is 13.2. The number of carbonyl (C=O) groups is 8. The van der Waals surface area contributed by atoms with Crippen molar-refractivity contribution >= 4 is 75.7 Å². The molecule has 0 aromatic heterocycles. The number of fused-ring (bicyclic) bond motifs is 3. The molecule has 0 spiro atoms. The van der Waals surface area contributed by atoms with E-state index in [4.69, 9.17) is 0 Å². The SMILES string of the molecule is O=C(Nc1ccc2c(c1)C(=O)N(c1ccccc1)C2=O)c1cccc(N2C(=O)c3ccc(C(=O)Nc4ccc5c(c4)C(=O)N(c4ccccc4)C5=O)cc3C2=O)c1. The number of para-hydroxylation sites is 2. The maximum atomic E-state index is 13.7. The Bertz CT molecular complexity index is 2820. The number of rotatable bonds is 7. The molecule has 0 saturated carbocycles. The highest BCUT2D eigenvalue weighted by Gasteiger charge is 2.40. The van der Waals surface area contributed by atoms with E-state index in [1.54, 1.807) is 60.7 Å². The van der Waals surface area contributed by atoms with Crippen molar-refractivity contribution < 1.29 is 38.4 Å². The van der Waals surface area contributed by atoms with Gasteiger partial charge in [-0.25, -0.2) is 14.7 Å². The van der Waals surface area contributed by atoms with Gasteiger partial charge in [0, 0.05) is 22.5 Å². The van der Waals surface area contributed by atoms with Crippen LogP contribution in [0.5, 0.6) is 0 Å². The molecule has 0 bridgehead atoms. The number of benzene rings is 6. The first-order chi connectivity index (χ1) is 27.6. The van der Waals surface area contributed by atoms with E-state index < -0.39 is 47.3 Å². The third-order valence-electron chi connectivity index (χ3n) is 9.83. The Morgan fingerprint density at radius 1 is 0.333 bits per heavy atom. The van der Waals surface area contributed by atoms with E-state index >= 15 is 0 Å². The zero-order chi connectivity index (χ0) is 39.5. The van der Waals surface area contributed by atoms with Crippen molar-refractivity contribution in [1.29, 1.82) is 0 Å². The minimum Gasteiger partial charge on any atom is -0.322 e. The topological polar surface area (TPSA) is 170 Å². The Balaban J connectivity index is 0.901. The van der Waals surface area contributed by atoms with Crippen molar-refractivity contribution in [3.63, 3.8) is 0 Å². The molecule has 6 aromatic carbocycles. The standard InChI is InChI=1S/C44H25N5O8/c50-37(45-26-15-18-32-35(22-26)43(56)47(39(32)52)28-9-3-1-4-10-28)24-8-7-13-30(20-24)49-41(54)31-17-14-25(21-34(31)42(49)55)38(51)46-27-16-19-33-36(23-27)44(57)48(40(33)53)29-11-5-2-6-12-29/h1-23H,(H,45,50)(H,46,51). The molecule has 3 heterocycles. The van der Waals surface area contributed by atoms with Gasteiger partial charge < -0.3 is 10.6 Å². The first kappa shape index (κ1) is 34.4. The number of nitrogens with one attached hydrogen (secondary N) is 2. The Labute approximate surface area is 322 Å². The van der Waals surface area contributed by atoms with Gasteiger partial charge in [0.1, 0.15) is 0 Å². The minimum absolute atomic E-state index is 0.0300. The van der Waals surface area contributed by atoms with E-state index in [0.29, 0.717) is 11.4 Å². The Morgan fingerprint density at radius 2 is 0.702 bits per heavy atom. The molecule has 0 atom stereocenters. The smallest absolute Gasteiger partial charge is 0.266 e. The monoisotopic (exact) mass is 751 g/mol. The third-order valence-corrected chi connectivity index (χ3v) is 9.83. The van der Waals surface area contributed by atoms with E-state index in [2.05, 4.69) is 10.6 Å². The summed E-state index contributed by atoms with van der Waals surface area (Å²) in [4.78, 5) is 109. The predicted octanol–water partition coefficient (Wildman–Crippen LogP) is 6.59. The molecule has 13 heteroatoms. The molecular weight excluding hydrogens is 727 g/mol. The summed E-state index contributed by atoms with van der Waals surface area (Å²) >= 11 is 0. The zero-order valence-corrected chi connectivity index (χ0v) is 29.4. The van der Waals surface area contributed by atoms with Crippen LogP contribution in [0.15, 0.2) is 140 Å². The third kappa shape index (κ3) is 5.65. The Kier molecular flexibility index (Phi) is 7.98. The molecule has 0 aliphatic carbocycles. The van der Waals surface area contributed by atoms with Gasteiger partial charge in [-0.2, -0.15) is 0 Å². The molecule has 0 unspecified atom stereocenters. The van der Waals surface area contributed by atoms with Crippen molar-refractivity contribution in [2.24, 2.45) is 0 Å². The molecule has 57 heavy (non-hydrogen) atoms. The Morgan fingerprint density at radius 3 is 1.18 bits per heavy atom. The molecule has 3 aliphatic rings. The first-order valence-corrected chi connectivity index (χ1v) is 17.5. The molecule has 0 fully saturated rings. The average Bonchev–Trinajstić information content (AvgIpc) is 3.75. The lowest BCUT2D eigenvalue weighted by molar-refractivity contribution is 0.0910. The van der Waals surface area contributed by atoms with Gasteiger partial charge in [0.2, 0.25) is 0 Å². The van der Waals surface area contributed by atoms with Crippen molar-refractivity contribution in [3.8, 4) is 0 Å². The summed E-state index contributed by atoms with van der Waals surface area (Å²) < 4.78 is 0. The maximum absolute atomic E-state index is 13.7. The second-order valence-corrected chi connectivity index (χ2v) is 13.2. The van der Waals surface area contributed by atoms with Crippen molar-refractivity contribution in [1.82, 2.24) is 0 Å². The summed E-state index contributed by atoms with van der Waals surface area (Å²) in [6.45, 7) is 0. The fourth-order valence-corrected chi connectivity index (χ4v) is 7.07. The molecule has 13 nitrogen and oxygen atoms in total. The van der Waals surface area contributed by atoms with Gasteiger partial charge in [-0.15, -0.1) is 0 Å². The van der Waals surface area contributed by atoms with Crippen molar-refractivity contribution in [3.05, 3.63) is 184 Å². The number of imide groups is 3. The van der Waals surface area contributed by atoms with Crippen LogP contribution in [0.25, 0.3) is 0 Å². The second kappa shape index (κ2) is 13.2. The molecule has 8 amide bonds. The summed E-state index contributed by atoms with van der Waals surface area (Å²) in [5.74, 6) is -4.63. The fraction of sp³-hybridized carbons (Fsp3) is 0. The van der Waals surface area contributed by atoms with Crippen LogP contribution in [0, 0.1) is 0 Å². The van der Waals surface area contributed by atoms with Gasteiger partial charge in [-0.05, 0) is 97.1 Å². The van der Waals surface area contributed by atoms with Crippen molar-refractivity contribution in [2.75, 3.05) is 25.3 Å².